The number of benzene rings is 1. The minimum absolute atomic E-state index is 0.0382. The summed E-state index contributed by atoms with van der Waals surface area (Å²) < 4.78 is 14.9. The molecule has 2 rings (SSSR count). The lowest BCUT2D eigenvalue weighted by molar-refractivity contribution is 0.503. The average molecular weight is 404 g/mol. The van der Waals surface area contributed by atoms with Crippen molar-refractivity contribution in [3.05, 3.63) is 53.6 Å². The number of aromatic nitrogens is 2. The smallest absolute Gasteiger partial charge is 0.123 e. The summed E-state index contributed by atoms with van der Waals surface area (Å²) in [5, 5.41) is 5.86. The van der Waals surface area contributed by atoms with Gasteiger partial charge >= 0.3 is 0 Å². The van der Waals surface area contributed by atoms with Crippen LogP contribution in [-0.4, -0.2) is 20.4 Å². The molecule has 0 unspecified atom stereocenters. The van der Waals surface area contributed by atoms with Gasteiger partial charge in [0.15, 0.2) is 0 Å². The highest BCUT2D eigenvalue weighted by atomic mass is 79.9. The van der Waals surface area contributed by atoms with Crippen molar-refractivity contribution in [2.45, 2.75) is 18.3 Å². The first-order valence-electron chi connectivity index (χ1n) is 6.45. The van der Waals surface area contributed by atoms with Gasteiger partial charge in [0.05, 0.1) is 6.20 Å². The van der Waals surface area contributed by atoms with Crippen molar-refractivity contribution < 1.29 is 4.39 Å². The van der Waals surface area contributed by atoms with Crippen LogP contribution in [0.1, 0.15) is 17.5 Å². The third-order valence-electron chi connectivity index (χ3n) is 3.62. The van der Waals surface area contributed by atoms with Gasteiger partial charge in [0.25, 0.3) is 0 Å². The predicted molar refractivity (Wildman–Crippen MR) is 87.2 cm³/mol. The summed E-state index contributed by atoms with van der Waals surface area (Å²) in [4.78, 5) is 0. The van der Waals surface area contributed by atoms with Crippen molar-refractivity contribution in [2.24, 2.45) is 7.05 Å². The molecule has 0 saturated heterocycles. The van der Waals surface area contributed by atoms with Gasteiger partial charge in [0, 0.05) is 29.3 Å². The Balaban J connectivity index is 2.18. The van der Waals surface area contributed by atoms with E-state index in [9.17, 15) is 4.39 Å². The second-order valence-corrected chi connectivity index (χ2v) is 6.20. The molecule has 0 spiro atoms. The minimum Gasteiger partial charge on any atom is -0.276 e. The normalized spacial score (nSPS) is 11.8. The topological polar surface area (TPSA) is 17.8 Å². The van der Waals surface area contributed by atoms with Crippen molar-refractivity contribution in [1.29, 1.82) is 0 Å². The van der Waals surface area contributed by atoms with E-state index in [1.165, 1.54) is 17.7 Å². The number of aryl methyl sites for hydroxylation is 2. The Morgan fingerprint density at radius 3 is 2.35 bits per heavy atom. The van der Waals surface area contributed by atoms with Crippen LogP contribution in [0, 0.1) is 5.82 Å². The van der Waals surface area contributed by atoms with Gasteiger partial charge in [-0.15, -0.1) is 0 Å². The molecule has 0 aliphatic rings. The number of hydrogen-bond donors (Lipinski definition) is 0. The molecule has 0 fully saturated rings. The molecule has 0 bridgehead atoms. The van der Waals surface area contributed by atoms with E-state index in [-0.39, 0.29) is 11.2 Å². The van der Waals surface area contributed by atoms with E-state index in [0.29, 0.717) is 0 Å². The summed E-state index contributed by atoms with van der Waals surface area (Å²) in [5.41, 5.74) is 2.33. The van der Waals surface area contributed by atoms with Crippen molar-refractivity contribution in [1.82, 2.24) is 9.78 Å². The molecule has 0 radical (unpaired) electrons. The second kappa shape index (κ2) is 6.85. The molecule has 1 aromatic carbocycles. The molecule has 0 aliphatic heterocycles. The molecule has 20 heavy (non-hydrogen) atoms. The number of nitrogens with zero attached hydrogens (tertiary/aromatic N) is 2. The van der Waals surface area contributed by atoms with Crippen LogP contribution >= 0.6 is 31.9 Å². The zero-order valence-corrected chi connectivity index (χ0v) is 14.5. The summed E-state index contributed by atoms with van der Waals surface area (Å²) in [7, 11) is 1.92. The molecule has 2 nitrogen and oxygen atoms in total. The molecular weight excluding hydrogens is 387 g/mol. The third kappa shape index (κ3) is 3.50. The predicted octanol–water partition coefficient (Wildman–Crippen LogP) is 4.22. The molecule has 1 heterocycles. The highest BCUT2D eigenvalue weighted by molar-refractivity contribution is 9.09. The van der Waals surface area contributed by atoms with Gasteiger partial charge in [-0.25, -0.2) is 4.39 Å². The maximum absolute atomic E-state index is 13.1. The summed E-state index contributed by atoms with van der Waals surface area (Å²) >= 11 is 7.25. The lowest BCUT2D eigenvalue weighted by Crippen LogP contribution is -2.31. The van der Waals surface area contributed by atoms with Crippen LogP contribution in [0.15, 0.2) is 36.7 Å². The van der Waals surface area contributed by atoms with Crippen LogP contribution in [0.25, 0.3) is 0 Å². The second-order valence-electron chi connectivity index (χ2n) is 5.08. The molecule has 2 aromatic rings. The quantitative estimate of drug-likeness (QED) is 0.660. The van der Waals surface area contributed by atoms with Gasteiger partial charge in [-0.3, -0.25) is 4.68 Å². The lowest BCUT2D eigenvalue weighted by atomic mass is 9.80. The summed E-state index contributed by atoms with van der Waals surface area (Å²) in [6.07, 6.45) is 5.86. The van der Waals surface area contributed by atoms with E-state index >= 15 is 0 Å². The standard InChI is InChI=1S/C15H17Br2FN2/c1-20-9-12(8-19-20)6-7-15(10-16,11-17)13-2-4-14(18)5-3-13/h2-5,8-9H,6-7,10-11H2,1H3. The van der Waals surface area contributed by atoms with Crippen molar-refractivity contribution >= 4 is 31.9 Å². The van der Waals surface area contributed by atoms with E-state index in [2.05, 4.69) is 37.0 Å². The monoisotopic (exact) mass is 402 g/mol. The van der Waals surface area contributed by atoms with Gasteiger partial charge in [0.1, 0.15) is 5.82 Å². The lowest BCUT2D eigenvalue weighted by Gasteiger charge is -2.30. The van der Waals surface area contributed by atoms with Gasteiger partial charge in [-0.05, 0) is 36.1 Å². The van der Waals surface area contributed by atoms with E-state index in [4.69, 9.17) is 0 Å². The van der Waals surface area contributed by atoms with E-state index in [0.717, 1.165) is 29.1 Å². The Kier molecular flexibility index (Phi) is 5.38. The van der Waals surface area contributed by atoms with Gasteiger partial charge in [-0.1, -0.05) is 44.0 Å². The van der Waals surface area contributed by atoms with E-state index in [1.807, 2.05) is 36.3 Å². The van der Waals surface area contributed by atoms with Crippen LogP contribution in [-0.2, 0) is 18.9 Å². The highest BCUT2D eigenvalue weighted by Gasteiger charge is 2.30. The van der Waals surface area contributed by atoms with Gasteiger partial charge in [0.2, 0.25) is 0 Å². The minimum atomic E-state index is -0.195. The largest absolute Gasteiger partial charge is 0.276 e. The van der Waals surface area contributed by atoms with Crippen molar-refractivity contribution in [2.75, 3.05) is 10.7 Å². The van der Waals surface area contributed by atoms with Crippen LogP contribution in [0.2, 0.25) is 0 Å². The number of alkyl halides is 2. The first kappa shape index (κ1) is 15.7. The molecule has 108 valence electrons. The molecule has 1 aromatic heterocycles. The molecule has 0 amide bonds. The average Bonchev–Trinajstić information content (AvgIpc) is 2.88. The van der Waals surface area contributed by atoms with E-state index in [1.54, 1.807) is 0 Å². The number of hydrogen-bond acceptors (Lipinski definition) is 1. The van der Waals surface area contributed by atoms with Crippen LogP contribution in [0.5, 0.6) is 0 Å². The van der Waals surface area contributed by atoms with E-state index < -0.39 is 0 Å². The van der Waals surface area contributed by atoms with Crippen LogP contribution in [0.4, 0.5) is 4.39 Å². The summed E-state index contributed by atoms with van der Waals surface area (Å²) in [6, 6.07) is 6.81. The van der Waals surface area contributed by atoms with Crippen LogP contribution in [0.3, 0.4) is 0 Å². The molecule has 0 atom stereocenters. The maximum atomic E-state index is 13.1. The fraction of sp³-hybridized carbons (Fsp3) is 0.400. The Hall–Kier alpha value is -0.680. The summed E-state index contributed by atoms with van der Waals surface area (Å²) in [5.74, 6) is -0.195. The molecule has 0 saturated carbocycles. The fourth-order valence-electron chi connectivity index (χ4n) is 2.26. The summed E-state index contributed by atoms with van der Waals surface area (Å²) in [6.45, 7) is 0. The molecule has 0 N–H and O–H groups in total. The van der Waals surface area contributed by atoms with Crippen molar-refractivity contribution in [3.63, 3.8) is 0 Å². The SMILES string of the molecule is Cn1cc(CCC(CBr)(CBr)c2ccc(F)cc2)cn1. The maximum Gasteiger partial charge on any atom is 0.123 e. The molecule has 0 aliphatic carbocycles. The van der Waals surface area contributed by atoms with Crippen molar-refractivity contribution in [3.8, 4) is 0 Å². The Morgan fingerprint density at radius 1 is 1.20 bits per heavy atom. The molecule has 5 heteroatoms. The zero-order valence-electron chi connectivity index (χ0n) is 11.3. The van der Waals surface area contributed by atoms with Gasteiger partial charge < -0.3 is 0 Å². The van der Waals surface area contributed by atoms with Crippen LogP contribution < -0.4 is 0 Å². The highest BCUT2D eigenvalue weighted by Crippen LogP contribution is 2.33. The first-order chi connectivity index (χ1) is 9.59. The third-order valence-corrected chi connectivity index (χ3v) is 5.77. The molecular formula is C15H17Br2FN2. The number of halogens is 3. The Labute approximate surface area is 135 Å². The fourth-order valence-corrected chi connectivity index (χ4v) is 4.39. The number of rotatable bonds is 6. The Bertz CT molecular complexity index is 547. The zero-order chi connectivity index (χ0) is 14.6. The van der Waals surface area contributed by atoms with Gasteiger partial charge in [-0.2, -0.15) is 5.10 Å². The Morgan fingerprint density at radius 2 is 1.85 bits per heavy atom. The first-order valence-corrected chi connectivity index (χ1v) is 8.69.